The normalized spacial score (nSPS) is 10.2. The van der Waals surface area contributed by atoms with E-state index in [0.717, 1.165) is 33.9 Å². The second-order valence-corrected chi connectivity index (χ2v) is 5.29. The van der Waals surface area contributed by atoms with Crippen LogP contribution in [0, 0.1) is 6.92 Å². The smallest absolute Gasteiger partial charge is 0.254 e. The zero-order valence-electron chi connectivity index (χ0n) is 9.46. The Hall–Kier alpha value is -0.350. The van der Waals surface area contributed by atoms with Crippen LogP contribution in [0.3, 0.4) is 0 Å². The lowest BCUT2D eigenvalue weighted by Gasteiger charge is -2.17. The van der Waals surface area contributed by atoms with Gasteiger partial charge in [-0.25, -0.2) is 0 Å². The van der Waals surface area contributed by atoms with Gasteiger partial charge >= 0.3 is 0 Å². The minimum atomic E-state index is 0.0662. The van der Waals surface area contributed by atoms with Crippen molar-refractivity contribution < 1.29 is 4.79 Å². The van der Waals surface area contributed by atoms with Crippen LogP contribution >= 0.6 is 31.9 Å². The molecule has 0 spiro atoms. The number of benzene rings is 1. The Labute approximate surface area is 113 Å². The summed E-state index contributed by atoms with van der Waals surface area (Å²) in [6.07, 6.45) is 0.964. The van der Waals surface area contributed by atoms with Gasteiger partial charge in [0.25, 0.3) is 5.91 Å². The predicted molar refractivity (Wildman–Crippen MR) is 74.3 cm³/mol. The van der Waals surface area contributed by atoms with Crippen molar-refractivity contribution in [2.75, 3.05) is 18.9 Å². The third-order valence-electron chi connectivity index (χ3n) is 2.40. The lowest BCUT2D eigenvalue weighted by molar-refractivity contribution is 0.0794. The lowest BCUT2D eigenvalue weighted by Crippen LogP contribution is -2.28. The number of amides is 1. The molecule has 0 fully saturated rings. The van der Waals surface area contributed by atoms with Gasteiger partial charge in [-0.05, 0) is 40.9 Å². The van der Waals surface area contributed by atoms with Gasteiger partial charge in [-0.2, -0.15) is 0 Å². The first-order valence-corrected chi connectivity index (χ1v) is 7.06. The molecule has 0 unspecified atom stereocenters. The van der Waals surface area contributed by atoms with Gasteiger partial charge in [-0.3, -0.25) is 4.79 Å². The van der Waals surface area contributed by atoms with Gasteiger partial charge in [-0.15, -0.1) is 0 Å². The number of carbonyl (C=O) groups is 1. The quantitative estimate of drug-likeness (QED) is 0.761. The Bertz CT molecular complexity index is 379. The second kappa shape index (κ2) is 6.40. The Morgan fingerprint density at radius 1 is 1.44 bits per heavy atom. The fourth-order valence-corrected chi connectivity index (χ4v) is 2.10. The minimum Gasteiger partial charge on any atom is -0.342 e. The highest BCUT2D eigenvalue weighted by Gasteiger charge is 2.14. The number of hydrogen-bond donors (Lipinski definition) is 0. The van der Waals surface area contributed by atoms with Crippen LogP contribution in [0.4, 0.5) is 0 Å². The van der Waals surface area contributed by atoms with Gasteiger partial charge in [0, 0.05) is 23.4 Å². The lowest BCUT2D eigenvalue weighted by atomic mass is 10.1. The molecule has 0 bridgehead atoms. The molecule has 0 N–H and O–H groups in total. The molecular formula is C12H15Br2NO. The number of alkyl halides is 1. The van der Waals surface area contributed by atoms with E-state index in [1.807, 2.05) is 32.2 Å². The maximum absolute atomic E-state index is 12.1. The Balaban J connectivity index is 2.84. The average molecular weight is 349 g/mol. The molecule has 88 valence electrons. The molecule has 0 atom stereocenters. The van der Waals surface area contributed by atoms with Crippen molar-refractivity contribution in [1.82, 2.24) is 4.90 Å². The molecule has 0 aliphatic rings. The van der Waals surface area contributed by atoms with Gasteiger partial charge < -0.3 is 4.90 Å². The summed E-state index contributed by atoms with van der Waals surface area (Å²) in [4.78, 5) is 13.9. The predicted octanol–water partition coefficient (Wildman–Crippen LogP) is 3.61. The monoisotopic (exact) mass is 347 g/mol. The van der Waals surface area contributed by atoms with Crippen molar-refractivity contribution in [3.63, 3.8) is 0 Å². The number of rotatable bonds is 4. The first-order chi connectivity index (χ1) is 7.57. The Kier molecular flexibility index (Phi) is 5.49. The standard InChI is InChI=1S/C12H15Br2NO/c1-9-5-3-6-10(11(9)14)12(16)15(2)8-4-7-13/h3,5-6H,4,7-8H2,1-2H3. The Morgan fingerprint density at radius 3 is 2.75 bits per heavy atom. The molecule has 0 heterocycles. The summed E-state index contributed by atoms with van der Waals surface area (Å²) in [6, 6.07) is 5.75. The van der Waals surface area contributed by atoms with Crippen LogP contribution in [0.1, 0.15) is 22.3 Å². The first kappa shape index (κ1) is 13.7. The molecule has 16 heavy (non-hydrogen) atoms. The highest BCUT2D eigenvalue weighted by Crippen LogP contribution is 2.22. The van der Waals surface area contributed by atoms with Crippen molar-refractivity contribution in [3.8, 4) is 0 Å². The summed E-state index contributed by atoms with van der Waals surface area (Å²) >= 11 is 6.82. The molecule has 0 aromatic heterocycles. The van der Waals surface area contributed by atoms with Crippen molar-refractivity contribution in [2.45, 2.75) is 13.3 Å². The van der Waals surface area contributed by atoms with E-state index in [1.54, 1.807) is 4.90 Å². The zero-order valence-corrected chi connectivity index (χ0v) is 12.6. The molecule has 1 rings (SSSR count). The topological polar surface area (TPSA) is 20.3 Å². The minimum absolute atomic E-state index is 0.0662. The third kappa shape index (κ3) is 3.32. The maximum atomic E-state index is 12.1. The summed E-state index contributed by atoms with van der Waals surface area (Å²) in [5, 5.41) is 0.916. The van der Waals surface area contributed by atoms with Crippen LogP contribution in [0.15, 0.2) is 22.7 Å². The highest BCUT2D eigenvalue weighted by molar-refractivity contribution is 9.10. The summed E-state index contributed by atoms with van der Waals surface area (Å²) in [6.45, 7) is 2.75. The van der Waals surface area contributed by atoms with E-state index >= 15 is 0 Å². The summed E-state index contributed by atoms with van der Waals surface area (Å²) in [5.41, 5.74) is 1.82. The molecule has 1 amide bonds. The Morgan fingerprint density at radius 2 is 2.12 bits per heavy atom. The second-order valence-electron chi connectivity index (χ2n) is 3.71. The number of hydrogen-bond acceptors (Lipinski definition) is 1. The molecule has 1 aromatic carbocycles. The van der Waals surface area contributed by atoms with E-state index in [1.165, 1.54) is 0 Å². The van der Waals surface area contributed by atoms with Crippen LogP contribution in [0.5, 0.6) is 0 Å². The van der Waals surface area contributed by atoms with Crippen LogP contribution in [-0.2, 0) is 0 Å². The van der Waals surface area contributed by atoms with E-state index < -0.39 is 0 Å². The van der Waals surface area contributed by atoms with Gasteiger partial charge in [0.2, 0.25) is 0 Å². The first-order valence-electron chi connectivity index (χ1n) is 5.14. The van der Waals surface area contributed by atoms with Crippen molar-refractivity contribution in [3.05, 3.63) is 33.8 Å². The van der Waals surface area contributed by atoms with E-state index in [-0.39, 0.29) is 5.91 Å². The van der Waals surface area contributed by atoms with E-state index in [0.29, 0.717) is 0 Å². The molecule has 0 radical (unpaired) electrons. The fourth-order valence-electron chi connectivity index (χ4n) is 1.42. The van der Waals surface area contributed by atoms with E-state index in [9.17, 15) is 4.79 Å². The van der Waals surface area contributed by atoms with E-state index in [4.69, 9.17) is 0 Å². The zero-order chi connectivity index (χ0) is 12.1. The number of carbonyl (C=O) groups excluding carboxylic acids is 1. The maximum Gasteiger partial charge on any atom is 0.254 e. The van der Waals surface area contributed by atoms with Gasteiger partial charge in [0.1, 0.15) is 0 Å². The molecular weight excluding hydrogens is 334 g/mol. The van der Waals surface area contributed by atoms with Crippen molar-refractivity contribution >= 4 is 37.8 Å². The highest BCUT2D eigenvalue weighted by atomic mass is 79.9. The van der Waals surface area contributed by atoms with E-state index in [2.05, 4.69) is 31.9 Å². The van der Waals surface area contributed by atoms with Crippen LogP contribution in [-0.4, -0.2) is 29.7 Å². The molecule has 1 aromatic rings. The SMILES string of the molecule is Cc1cccc(C(=O)N(C)CCCBr)c1Br. The summed E-state index contributed by atoms with van der Waals surface area (Å²) < 4.78 is 0.894. The molecule has 0 aliphatic carbocycles. The third-order valence-corrected chi connectivity index (χ3v) is 4.01. The summed E-state index contributed by atoms with van der Waals surface area (Å²) in [5.74, 6) is 0.0662. The molecule has 2 nitrogen and oxygen atoms in total. The van der Waals surface area contributed by atoms with Gasteiger partial charge in [0.15, 0.2) is 0 Å². The molecule has 0 saturated carbocycles. The van der Waals surface area contributed by atoms with Crippen molar-refractivity contribution in [2.24, 2.45) is 0 Å². The average Bonchev–Trinajstić information content (AvgIpc) is 2.28. The number of nitrogens with zero attached hydrogens (tertiary/aromatic N) is 1. The van der Waals surface area contributed by atoms with Crippen LogP contribution in [0.2, 0.25) is 0 Å². The molecule has 4 heteroatoms. The van der Waals surface area contributed by atoms with Gasteiger partial charge in [-0.1, -0.05) is 28.1 Å². The largest absolute Gasteiger partial charge is 0.342 e. The number of aryl methyl sites for hydroxylation is 1. The van der Waals surface area contributed by atoms with Crippen LogP contribution in [0.25, 0.3) is 0 Å². The van der Waals surface area contributed by atoms with Crippen molar-refractivity contribution in [1.29, 1.82) is 0 Å². The van der Waals surface area contributed by atoms with Crippen LogP contribution < -0.4 is 0 Å². The fraction of sp³-hybridized carbons (Fsp3) is 0.417. The molecule has 0 aliphatic heterocycles. The number of halogens is 2. The molecule has 0 saturated heterocycles. The van der Waals surface area contributed by atoms with Gasteiger partial charge in [0.05, 0.1) is 5.56 Å². The summed E-state index contributed by atoms with van der Waals surface area (Å²) in [7, 11) is 1.83.